The van der Waals surface area contributed by atoms with Gasteiger partial charge in [-0.15, -0.1) is 0 Å². The van der Waals surface area contributed by atoms with Crippen LogP contribution in [0.5, 0.6) is 0 Å². The predicted molar refractivity (Wildman–Crippen MR) is 74.9 cm³/mol. The third kappa shape index (κ3) is 6.70. The third-order valence-corrected chi connectivity index (χ3v) is 6.37. The van der Waals surface area contributed by atoms with Crippen LogP contribution in [0.25, 0.3) is 0 Å². The van der Waals surface area contributed by atoms with E-state index in [1.807, 2.05) is 0 Å². The fraction of sp³-hybridized carbons (Fsp3) is 1.00. The van der Waals surface area contributed by atoms with Gasteiger partial charge in [0.2, 0.25) is 0 Å². The topological polar surface area (TPSA) is 20.3 Å². The molecule has 0 aliphatic heterocycles. The molecule has 0 saturated heterocycles. The zero-order valence-electron chi connectivity index (χ0n) is 11.7. The SMILES string of the molecule is CCCCP(=O)(CCCC)CN(CC)CC. The van der Waals surface area contributed by atoms with E-state index in [4.69, 9.17) is 0 Å². The number of rotatable bonds is 10. The summed E-state index contributed by atoms with van der Waals surface area (Å²) in [6, 6.07) is 0. The lowest BCUT2D eigenvalue weighted by Gasteiger charge is -2.26. The van der Waals surface area contributed by atoms with Crippen molar-refractivity contribution in [2.24, 2.45) is 0 Å². The van der Waals surface area contributed by atoms with Crippen LogP contribution in [-0.2, 0) is 4.57 Å². The maximum absolute atomic E-state index is 12.8. The maximum atomic E-state index is 12.8. The molecule has 16 heavy (non-hydrogen) atoms. The Morgan fingerprint density at radius 2 is 1.31 bits per heavy atom. The molecule has 0 saturated carbocycles. The molecule has 0 rings (SSSR count). The second kappa shape index (κ2) is 9.24. The van der Waals surface area contributed by atoms with Gasteiger partial charge >= 0.3 is 0 Å². The van der Waals surface area contributed by atoms with Gasteiger partial charge in [0.1, 0.15) is 7.14 Å². The molecule has 98 valence electrons. The van der Waals surface area contributed by atoms with E-state index in [9.17, 15) is 4.57 Å². The summed E-state index contributed by atoms with van der Waals surface area (Å²) in [5.74, 6) is 0. The minimum absolute atomic E-state index is 0.847. The maximum Gasteiger partial charge on any atom is 0.101 e. The van der Waals surface area contributed by atoms with Crippen LogP contribution in [-0.4, -0.2) is 36.6 Å². The largest absolute Gasteiger partial charge is 0.322 e. The van der Waals surface area contributed by atoms with Crippen LogP contribution < -0.4 is 0 Å². The van der Waals surface area contributed by atoms with Crippen LogP contribution in [0.3, 0.4) is 0 Å². The molecule has 0 spiro atoms. The van der Waals surface area contributed by atoms with Gasteiger partial charge in [-0.25, -0.2) is 0 Å². The fourth-order valence-electron chi connectivity index (χ4n) is 1.93. The third-order valence-electron chi connectivity index (χ3n) is 3.19. The van der Waals surface area contributed by atoms with E-state index >= 15 is 0 Å². The highest BCUT2D eigenvalue weighted by Gasteiger charge is 2.22. The van der Waals surface area contributed by atoms with Gasteiger partial charge in [0, 0.05) is 12.3 Å². The lowest BCUT2D eigenvalue weighted by molar-refractivity contribution is 0.347. The summed E-state index contributed by atoms with van der Waals surface area (Å²) in [5.41, 5.74) is 0. The molecule has 3 heteroatoms. The molecule has 0 heterocycles. The van der Waals surface area contributed by atoms with Crippen molar-refractivity contribution in [2.45, 2.75) is 53.4 Å². The highest BCUT2D eigenvalue weighted by Crippen LogP contribution is 2.47. The molecule has 0 bridgehead atoms. The van der Waals surface area contributed by atoms with Crippen molar-refractivity contribution in [2.75, 3.05) is 31.7 Å². The number of nitrogens with zero attached hydrogens (tertiary/aromatic N) is 1. The van der Waals surface area contributed by atoms with Crippen LogP contribution in [0.1, 0.15) is 53.4 Å². The highest BCUT2D eigenvalue weighted by molar-refractivity contribution is 7.63. The van der Waals surface area contributed by atoms with Crippen LogP contribution in [0.15, 0.2) is 0 Å². The van der Waals surface area contributed by atoms with Crippen LogP contribution >= 0.6 is 7.14 Å². The molecule has 0 amide bonds. The monoisotopic (exact) mass is 247 g/mol. The molecule has 0 fully saturated rings. The quantitative estimate of drug-likeness (QED) is 0.538. The molecule has 0 unspecified atom stereocenters. The van der Waals surface area contributed by atoms with Crippen LogP contribution in [0.4, 0.5) is 0 Å². The van der Waals surface area contributed by atoms with Crippen LogP contribution in [0.2, 0.25) is 0 Å². The Kier molecular flexibility index (Phi) is 9.35. The predicted octanol–water partition coefficient (Wildman–Crippen LogP) is 4.25. The minimum atomic E-state index is -1.92. The van der Waals surface area contributed by atoms with E-state index in [1.54, 1.807) is 0 Å². The number of unbranched alkanes of at least 4 members (excludes halogenated alkanes) is 2. The molecule has 0 aromatic rings. The van der Waals surface area contributed by atoms with Crippen molar-refractivity contribution < 1.29 is 4.57 Å². The number of hydrogen-bond acceptors (Lipinski definition) is 2. The Morgan fingerprint density at radius 1 is 0.875 bits per heavy atom. The molecule has 2 nitrogen and oxygen atoms in total. The standard InChI is InChI=1S/C13H30NOP/c1-5-9-11-16(15,12-10-6-2)13-14(7-3)8-4/h5-13H2,1-4H3. The van der Waals surface area contributed by atoms with Crippen molar-refractivity contribution in [3.8, 4) is 0 Å². The summed E-state index contributed by atoms with van der Waals surface area (Å²) >= 11 is 0. The van der Waals surface area contributed by atoms with Gasteiger partial charge in [-0.1, -0.05) is 40.5 Å². The van der Waals surface area contributed by atoms with E-state index in [0.717, 1.165) is 57.4 Å². The summed E-state index contributed by atoms with van der Waals surface area (Å²) in [5, 5.41) is 0. The molecule has 0 aromatic heterocycles. The zero-order chi connectivity index (χ0) is 12.4. The van der Waals surface area contributed by atoms with E-state index < -0.39 is 7.14 Å². The Balaban J connectivity index is 4.32. The summed E-state index contributed by atoms with van der Waals surface area (Å²) in [7, 11) is -1.92. The van der Waals surface area contributed by atoms with Crippen molar-refractivity contribution >= 4 is 7.14 Å². The first-order chi connectivity index (χ1) is 7.61. The van der Waals surface area contributed by atoms with E-state index in [-0.39, 0.29) is 0 Å². The Morgan fingerprint density at radius 3 is 1.62 bits per heavy atom. The highest BCUT2D eigenvalue weighted by atomic mass is 31.2. The first-order valence-electron chi connectivity index (χ1n) is 6.91. The van der Waals surface area contributed by atoms with Gasteiger partial charge in [-0.05, 0) is 25.9 Å². The van der Waals surface area contributed by atoms with Gasteiger partial charge in [0.25, 0.3) is 0 Å². The molecule has 0 atom stereocenters. The Bertz CT molecular complexity index is 190. The second-order valence-corrected chi connectivity index (χ2v) is 7.95. The van der Waals surface area contributed by atoms with Gasteiger partial charge in [-0.2, -0.15) is 0 Å². The second-order valence-electron chi connectivity index (χ2n) is 4.66. The smallest absolute Gasteiger partial charge is 0.101 e. The lowest BCUT2D eigenvalue weighted by Crippen LogP contribution is -2.25. The molecule has 0 aromatic carbocycles. The fourth-order valence-corrected chi connectivity index (χ4v) is 5.35. The Hall–Kier alpha value is 0.190. The summed E-state index contributed by atoms with van der Waals surface area (Å²) in [4.78, 5) is 2.33. The lowest BCUT2D eigenvalue weighted by atomic mass is 10.4. The normalized spacial score (nSPS) is 12.3. The molecular formula is C13H30NOP. The van der Waals surface area contributed by atoms with Gasteiger partial charge in [0.15, 0.2) is 0 Å². The van der Waals surface area contributed by atoms with E-state index in [0.29, 0.717) is 0 Å². The molecule has 0 aliphatic rings. The number of hydrogen-bond donors (Lipinski definition) is 0. The average molecular weight is 247 g/mol. The van der Waals surface area contributed by atoms with E-state index in [1.165, 1.54) is 0 Å². The van der Waals surface area contributed by atoms with Gasteiger partial charge in [-0.3, -0.25) is 4.90 Å². The molecular weight excluding hydrogens is 217 g/mol. The van der Waals surface area contributed by atoms with Crippen molar-refractivity contribution in [3.05, 3.63) is 0 Å². The van der Waals surface area contributed by atoms with Crippen LogP contribution in [0, 0.1) is 0 Å². The average Bonchev–Trinajstić information content (AvgIpc) is 2.31. The Labute approximate surface area is 102 Å². The minimum Gasteiger partial charge on any atom is -0.322 e. The summed E-state index contributed by atoms with van der Waals surface area (Å²) in [6.07, 6.45) is 7.34. The van der Waals surface area contributed by atoms with E-state index in [2.05, 4.69) is 32.6 Å². The molecule has 0 N–H and O–H groups in total. The van der Waals surface area contributed by atoms with Crippen molar-refractivity contribution in [3.63, 3.8) is 0 Å². The first-order valence-corrected chi connectivity index (χ1v) is 9.17. The zero-order valence-corrected chi connectivity index (χ0v) is 12.6. The first kappa shape index (κ1) is 16.2. The van der Waals surface area contributed by atoms with Gasteiger partial charge < -0.3 is 4.57 Å². The molecule has 0 radical (unpaired) electrons. The van der Waals surface area contributed by atoms with Crippen molar-refractivity contribution in [1.82, 2.24) is 4.90 Å². The summed E-state index contributed by atoms with van der Waals surface area (Å²) < 4.78 is 12.8. The van der Waals surface area contributed by atoms with Gasteiger partial charge in [0.05, 0.1) is 6.29 Å². The molecule has 0 aliphatic carbocycles. The van der Waals surface area contributed by atoms with Crippen molar-refractivity contribution in [1.29, 1.82) is 0 Å². The summed E-state index contributed by atoms with van der Waals surface area (Å²) in [6.45, 7) is 10.7.